The van der Waals surface area contributed by atoms with Crippen LogP contribution in [0, 0.1) is 0 Å². The van der Waals surface area contributed by atoms with E-state index in [1.165, 1.54) is 10.8 Å². The molecule has 0 bridgehead atoms. The molecule has 3 aromatic rings. The molecule has 0 amide bonds. The van der Waals surface area contributed by atoms with Crippen molar-refractivity contribution in [2.24, 2.45) is 0 Å². The zero-order valence-electron chi connectivity index (χ0n) is 10.2. The number of rotatable bonds is 3. The Morgan fingerprint density at radius 3 is 2.83 bits per heavy atom. The van der Waals surface area contributed by atoms with Gasteiger partial charge in [-0.3, -0.25) is 0 Å². The molecule has 1 heterocycles. The number of nitrogens with one attached hydrogen (secondary N) is 1. The molecule has 0 radical (unpaired) electrons. The molecule has 0 aliphatic heterocycles. The molecule has 0 saturated carbocycles. The summed E-state index contributed by atoms with van der Waals surface area (Å²) in [5, 5.41) is 6.84. The van der Waals surface area contributed by atoms with Gasteiger partial charge in [0.05, 0.1) is 11.0 Å². The van der Waals surface area contributed by atoms with Gasteiger partial charge in [-0.2, -0.15) is 0 Å². The van der Waals surface area contributed by atoms with Crippen molar-refractivity contribution in [1.29, 1.82) is 0 Å². The molecule has 0 aliphatic carbocycles. The third kappa shape index (κ3) is 1.93. The molecule has 0 spiro atoms. The lowest BCUT2D eigenvalue weighted by Crippen LogP contribution is -2.10. The third-order valence-corrected chi connectivity index (χ3v) is 3.86. The maximum atomic E-state index is 5.90. The number of furan rings is 1. The van der Waals surface area contributed by atoms with Crippen molar-refractivity contribution in [2.45, 2.75) is 13.5 Å². The van der Waals surface area contributed by atoms with Crippen LogP contribution >= 0.6 is 15.9 Å². The Morgan fingerprint density at radius 2 is 2.00 bits per heavy atom. The van der Waals surface area contributed by atoms with Crippen molar-refractivity contribution < 1.29 is 4.42 Å². The van der Waals surface area contributed by atoms with Crippen molar-refractivity contribution >= 4 is 37.7 Å². The van der Waals surface area contributed by atoms with Crippen LogP contribution in [-0.2, 0) is 6.54 Å². The Balaban J connectivity index is 2.20. The summed E-state index contributed by atoms with van der Waals surface area (Å²) >= 11 is 3.65. The molecule has 0 saturated heterocycles. The van der Waals surface area contributed by atoms with Crippen LogP contribution in [0.3, 0.4) is 0 Å². The van der Waals surface area contributed by atoms with Crippen molar-refractivity contribution in [1.82, 2.24) is 5.32 Å². The van der Waals surface area contributed by atoms with Crippen LogP contribution < -0.4 is 5.32 Å². The highest BCUT2D eigenvalue weighted by molar-refractivity contribution is 9.10. The first-order valence-electron chi connectivity index (χ1n) is 6.10. The fourth-order valence-electron chi connectivity index (χ4n) is 2.19. The Morgan fingerprint density at radius 1 is 1.17 bits per heavy atom. The highest BCUT2D eigenvalue weighted by atomic mass is 79.9. The first-order valence-corrected chi connectivity index (χ1v) is 6.89. The van der Waals surface area contributed by atoms with Gasteiger partial charge in [0.1, 0.15) is 11.3 Å². The zero-order chi connectivity index (χ0) is 12.5. The minimum Gasteiger partial charge on any atom is -0.458 e. The standard InChI is InChI=1S/C15H14BrNO/c1-2-17-9-12-8-11-7-10-5-3-4-6-13(10)14(16)15(11)18-12/h3-8,17H,2,9H2,1H3. The summed E-state index contributed by atoms with van der Waals surface area (Å²) in [6, 6.07) is 12.6. The molecule has 1 N–H and O–H groups in total. The van der Waals surface area contributed by atoms with Crippen LogP contribution in [0.1, 0.15) is 12.7 Å². The number of hydrogen-bond acceptors (Lipinski definition) is 2. The van der Waals surface area contributed by atoms with Gasteiger partial charge >= 0.3 is 0 Å². The van der Waals surface area contributed by atoms with E-state index in [0.29, 0.717) is 0 Å². The summed E-state index contributed by atoms with van der Waals surface area (Å²) in [7, 11) is 0. The maximum Gasteiger partial charge on any atom is 0.149 e. The SMILES string of the molecule is CCNCc1cc2cc3ccccc3c(Br)c2o1. The minimum atomic E-state index is 0.772. The molecule has 18 heavy (non-hydrogen) atoms. The van der Waals surface area contributed by atoms with E-state index >= 15 is 0 Å². The largest absolute Gasteiger partial charge is 0.458 e. The van der Waals surface area contributed by atoms with E-state index < -0.39 is 0 Å². The van der Waals surface area contributed by atoms with Gasteiger partial charge in [-0.05, 0) is 45.4 Å². The van der Waals surface area contributed by atoms with E-state index in [9.17, 15) is 0 Å². The first-order chi connectivity index (χ1) is 8.79. The summed E-state index contributed by atoms with van der Waals surface area (Å²) in [6.07, 6.45) is 0. The molecule has 0 atom stereocenters. The van der Waals surface area contributed by atoms with Crippen molar-refractivity contribution in [2.75, 3.05) is 6.54 Å². The predicted octanol–water partition coefficient (Wildman–Crippen LogP) is 4.46. The summed E-state index contributed by atoms with van der Waals surface area (Å²) in [5.74, 6) is 0.975. The molecule has 0 fully saturated rings. The van der Waals surface area contributed by atoms with E-state index in [1.54, 1.807) is 0 Å². The fourth-order valence-corrected chi connectivity index (χ4v) is 2.86. The second kappa shape index (κ2) is 4.75. The monoisotopic (exact) mass is 303 g/mol. The minimum absolute atomic E-state index is 0.772. The smallest absolute Gasteiger partial charge is 0.149 e. The molecular formula is C15H14BrNO. The lowest BCUT2D eigenvalue weighted by molar-refractivity contribution is 0.519. The number of halogens is 1. The van der Waals surface area contributed by atoms with Gasteiger partial charge in [0.15, 0.2) is 0 Å². The van der Waals surface area contributed by atoms with Crippen LogP contribution in [0.4, 0.5) is 0 Å². The molecule has 1 aromatic heterocycles. The molecule has 0 unspecified atom stereocenters. The van der Waals surface area contributed by atoms with E-state index in [2.05, 4.69) is 58.5 Å². The van der Waals surface area contributed by atoms with Gasteiger partial charge in [0, 0.05) is 5.39 Å². The highest BCUT2D eigenvalue weighted by Gasteiger charge is 2.10. The Hall–Kier alpha value is -1.32. The van der Waals surface area contributed by atoms with E-state index in [1.807, 2.05) is 6.07 Å². The molecule has 0 aliphatic rings. The highest BCUT2D eigenvalue weighted by Crippen LogP contribution is 2.34. The van der Waals surface area contributed by atoms with Gasteiger partial charge in [0.2, 0.25) is 0 Å². The molecule has 3 rings (SSSR count). The van der Waals surface area contributed by atoms with E-state index in [4.69, 9.17) is 4.42 Å². The van der Waals surface area contributed by atoms with Gasteiger partial charge < -0.3 is 9.73 Å². The lowest BCUT2D eigenvalue weighted by Gasteiger charge is -2.01. The summed E-state index contributed by atoms with van der Waals surface area (Å²) in [4.78, 5) is 0. The normalized spacial score (nSPS) is 11.4. The average Bonchev–Trinajstić information content (AvgIpc) is 2.80. The molecule has 2 aromatic carbocycles. The van der Waals surface area contributed by atoms with Crippen molar-refractivity contribution in [3.63, 3.8) is 0 Å². The van der Waals surface area contributed by atoms with Crippen molar-refractivity contribution in [3.8, 4) is 0 Å². The molecule has 92 valence electrons. The average molecular weight is 304 g/mol. The number of hydrogen-bond donors (Lipinski definition) is 1. The zero-order valence-corrected chi connectivity index (χ0v) is 11.8. The number of benzene rings is 2. The van der Waals surface area contributed by atoms with E-state index in [0.717, 1.165) is 34.3 Å². The van der Waals surface area contributed by atoms with Gasteiger partial charge in [0.25, 0.3) is 0 Å². The Labute approximate surface area is 114 Å². The predicted molar refractivity (Wildman–Crippen MR) is 78.8 cm³/mol. The second-order valence-electron chi connectivity index (χ2n) is 4.32. The maximum absolute atomic E-state index is 5.90. The van der Waals surface area contributed by atoms with Gasteiger partial charge in [-0.15, -0.1) is 0 Å². The van der Waals surface area contributed by atoms with Crippen LogP contribution in [0.5, 0.6) is 0 Å². The van der Waals surface area contributed by atoms with Crippen molar-refractivity contribution in [3.05, 3.63) is 46.6 Å². The summed E-state index contributed by atoms with van der Waals surface area (Å²) < 4.78 is 6.94. The topological polar surface area (TPSA) is 25.2 Å². The quantitative estimate of drug-likeness (QED) is 0.773. The Bertz CT molecular complexity index is 702. The lowest BCUT2D eigenvalue weighted by atomic mass is 10.1. The molecule has 3 heteroatoms. The second-order valence-corrected chi connectivity index (χ2v) is 5.12. The van der Waals surface area contributed by atoms with Gasteiger partial charge in [-0.1, -0.05) is 31.2 Å². The van der Waals surface area contributed by atoms with Crippen LogP contribution in [0.2, 0.25) is 0 Å². The van der Waals surface area contributed by atoms with Gasteiger partial charge in [-0.25, -0.2) is 0 Å². The molecular weight excluding hydrogens is 290 g/mol. The molecule has 2 nitrogen and oxygen atoms in total. The number of fused-ring (bicyclic) bond motifs is 2. The first kappa shape index (κ1) is 11.8. The fraction of sp³-hybridized carbons (Fsp3) is 0.200. The van der Waals surface area contributed by atoms with E-state index in [-0.39, 0.29) is 0 Å². The van der Waals surface area contributed by atoms with Crippen LogP contribution in [0.25, 0.3) is 21.7 Å². The van der Waals surface area contributed by atoms with Crippen LogP contribution in [-0.4, -0.2) is 6.54 Å². The van der Waals surface area contributed by atoms with Crippen LogP contribution in [0.15, 0.2) is 45.3 Å². The summed E-state index contributed by atoms with van der Waals surface area (Å²) in [5.41, 5.74) is 0.932. The third-order valence-electron chi connectivity index (χ3n) is 3.07. The Kier molecular flexibility index (Phi) is 3.10. The summed E-state index contributed by atoms with van der Waals surface area (Å²) in [6.45, 7) is 3.81.